The molecule has 5 rings (SSSR count). The Hall–Kier alpha value is -3.66. The molecule has 188 valence electrons. The molecule has 0 saturated carbocycles. The predicted octanol–water partition coefficient (Wildman–Crippen LogP) is 5.81. The summed E-state index contributed by atoms with van der Waals surface area (Å²) in [4.78, 5) is 30.3. The van der Waals surface area contributed by atoms with Crippen molar-refractivity contribution in [3.05, 3.63) is 68.0 Å². The fourth-order valence-electron chi connectivity index (χ4n) is 4.64. The van der Waals surface area contributed by atoms with Gasteiger partial charge >= 0.3 is 0 Å². The first-order chi connectivity index (χ1) is 17.2. The first-order valence-electron chi connectivity index (χ1n) is 11.8. The molecule has 0 fully saturated rings. The lowest BCUT2D eigenvalue weighted by molar-refractivity contribution is -0.385. The maximum Gasteiger partial charge on any atom is 0.282 e. The van der Waals surface area contributed by atoms with Crippen LogP contribution in [0.5, 0.6) is 11.5 Å². The Kier molecular flexibility index (Phi) is 6.29. The van der Waals surface area contributed by atoms with Gasteiger partial charge in [0.25, 0.3) is 11.6 Å². The number of aliphatic imine (C=N–C) groups is 1. The second kappa shape index (κ2) is 9.42. The van der Waals surface area contributed by atoms with Crippen LogP contribution in [-0.2, 0) is 19.4 Å². The molecule has 1 atom stereocenters. The first kappa shape index (κ1) is 24.1. The molecule has 3 heterocycles. The number of amides is 1. The second-order valence-electron chi connectivity index (χ2n) is 10.0. The van der Waals surface area contributed by atoms with Crippen molar-refractivity contribution in [2.24, 2.45) is 16.3 Å². The third-order valence-electron chi connectivity index (χ3n) is 6.74. The molecule has 0 bridgehead atoms. The van der Waals surface area contributed by atoms with E-state index in [0.717, 1.165) is 29.7 Å². The van der Waals surface area contributed by atoms with Gasteiger partial charge in [-0.25, -0.2) is 4.99 Å². The fraction of sp³-hybridized carbons (Fsp3) is 0.385. The number of nitrogens with zero attached hydrogens (tertiary/aromatic N) is 2. The molecule has 0 unspecified atom stereocenters. The number of nitro benzene ring substituents is 1. The number of nitro groups is 1. The van der Waals surface area contributed by atoms with Gasteiger partial charge in [-0.3, -0.25) is 14.9 Å². The molecule has 2 aromatic heterocycles. The van der Waals surface area contributed by atoms with Crippen LogP contribution in [0.1, 0.15) is 59.3 Å². The van der Waals surface area contributed by atoms with Crippen LogP contribution in [0.2, 0.25) is 0 Å². The number of fused-ring (bicyclic) bond motifs is 2. The van der Waals surface area contributed by atoms with Crippen LogP contribution in [0.4, 0.5) is 10.7 Å². The molecule has 9 nitrogen and oxygen atoms in total. The van der Waals surface area contributed by atoms with Crippen LogP contribution < -0.4 is 14.8 Å². The summed E-state index contributed by atoms with van der Waals surface area (Å²) in [7, 11) is 0. The molecule has 1 aromatic carbocycles. The molecule has 0 radical (unpaired) electrons. The number of carbonyl (C=O) groups is 1. The van der Waals surface area contributed by atoms with Crippen LogP contribution in [-0.4, -0.2) is 23.8 Å². The van der Waals surface area contributed by atoms with Crippen molar-refractivity contribution >= 4 is 34.1 Å². The molecule has 36 heavy (non-hydrogen) atoms. The zero-order valence-electron chi connectivity index (χ0n) is 20.3. The molecule has 1 aliphatic carbocycles. The second-order valence-corrected chi connectivity index (χ2v) is 11.1. The van der Waals surface area contributed by atoms with Crippen LogP contribution in [0.15, 0.2) is 39.9 Å². The van der Waals surface area contributed by atoms with Gasteiger partial charge in [-0.1, -0.05) is 20.8 Å². The lowest BCUT2D eigenvalue weighted by atomic mass is 9.72. The average molecular weight is 510 g/mol. The van der Waals surface area contributed by atoms with E-state index >= 15 is 0 Å². The molecule has 1 aliphatic heterocycles. The lowest BCUT2D eigenvalue weighted by Crippen LogP contribution is -2.28. The summed E-state index contributed by atoms with van der Waals surface area (Å²) in [5, 5.41) is 15.1. The summed E-state index contributed by atoms with van der Waals surface area (Å²) in [6.45, 7) is 7.00. The highest BCUT2D eigenvalue weighted by atomic mass is 32.1. The fourth-order valence-corrected chi connectivity index (χ4v) is 5.91. The number of nitrogens with one attached hydrogen (secondary N) is 1. The van der Waals surface area contributed by atoms with Gasteiger partial charge in [0, 0.05) is 11.1 Å². The van der Waals surface area contributed by atoms with E-state index in [2.05, 4.69) is 31.1 Å². The number of ether oxygens (including phenoxy) is 2. The van der Waals surface area contributed by atoms with E-state index in [0.29, 0.717) is 33.7 Å². The molecular formula is C26H27N3O6S. The lowest BCUT2D eigenvalue weighted by Gasteiger charge is -2.33. The highest BCUT2D eigenvalue weighted by Gasteiger charge is 2.34. The predicted molar refractivity (Wildman–Crippen MR) is 136 cm³/mol. The molecule has 0 saturated heterocycles. The number of furan rings is 1. The topological polar surface area (TPSA) is 116 Å². The van der Waals surface area contributed by atoms with Gasteiger partial charge in [0.2, 0.25) is 6.79 Å². The van der Waals surface area contributed by atoms with Crippen LogP contribution >= 0.6 is 11.3 Å². The number of benzene rings is 1. The number of thiophene rings is 1. The maximum absolute atomic E-state index is 13.3. The van der Waals surface area contributed by atoms with Crippen molar-refractivity contribution in [3.63, 3.8) is 0 Å². The summed E-state index contributed by atoms with van der Waals surface area (Å²) in [6.07, 6.45) is 5.65. The van der Waals surface area contributed by atoms with Gasteiger partial charge in [-0.05, 0) is 54.4 Å². The van der Waals surface area contributed by atoms with Crippen molar-refractivity contribution in [3.8, 4) is 11.5 Å². The van der Waals surface area contributed by atoms with Crippen LogP contribution in [0.25, 0.3) is 0 Å². The van der Waals surface area contributed by atoms with Gasteiger partial charge in [0.1, 0.15) is 10.8 Å². The van der Waals surface area contributed by atoms with Crippen molar-refractivity contribution in [1.29, 1.82) is 0 Å². The quantitative estimate of drug-likeness (QED) is 0.255. The van der Waals surface area contributed by atoms with Gasteiger partial charge in [0.05, 0.1) is 34.9 Å². The monoisotopic (exact) mass is 509 g/mol. The molecule has 2 aliphatic rings. The molecule has 10 heteroatoms. The van der Waals surface area contributed by atoms with Crippen molar-refractivity contribution < 1.29 is 23.6 Å². The standard InChI is InChI=1S/C26H27N3O6S/c1-26(2,3)16-6-7-18-22(10-16)36-25(23(18)24(30)27-13-17-5-4-8-33-17)28-12-15-9-20-21(35-14-34-20)11-19(15)29(31)32/h4-5,8-9,11-12,16H,6-7,10,13-14H2,1-3H3,(H,27,30)/t16-/m0/s1. The van der Waals surface area contributed by atoms with E-state index in [9.17, 15) is 14.9 Å². The van der Waals surface area contributed by atoms with Crippen LogP contribution in [0.3, 0.4) is 0 Å². The smallest absolute Gasteiger partial charge is 0.282 e. The minimum atomic E-state index is -0.479. The summed E-state index contributed by atoms with van der Waals surface area (Å²) in [5.74, 6) is 1.68. The highest BCUT2D eigenvalue weighted by molar-refractivity contribution is 7.16. The summed E-state index contributed by atoms with van der Waals surface area (Å²) >= 11 is 1.48. The summed E-state index contributed by atoms with van der Waals surface area (Å²) < 4.78 is 16.0. The van der Waals surface area contributed by atoms with E-state index < -0.39 is 4.92 Å². The van der Waals surface area contributed by atoms with E-state index in [-0.39, 0.29) is 35.9 Å². The number of rotatable bonds is 6. The van der Waals surface area contributed by atoms with Gasteiger partial charge in [-0.15, -0.1) is 11.3 Å². The average Bonchev–Trinajstić information content (AvgIpc) is 3.58. The molecule has 1 amide bonds. The largest absolute Gasteiger partial charge is 0.467 e. The number of hydrogen-bond acceptors (Lipinski definition) is 8. The first-order valence-corrected chi connectivity index (χ1v) is 12.6. The van der Waals surface area contributed by atoms with Crippen molar-refractivity contribution in [2.75, 3.05) is 6.79 Å². The Morgan fingerprint density at radius 2 is 2.08 bits per heavy atom. The van der Waals surface area contributed by atoms with Crippen molar-refractivity contribution in [2.45, 2.75) is 46.6 Å². The Bertz CT molecular complexity index is 1340. The SMILES string of the molecule is CC(C)(C)[C@H]1CCc2c(sc(N=Cc3cc4c(cc3[N+](=O)[O-])OCO4)c2C(=O)NCc2ccco2)C1. The Morgan fingerprint density at radius 1 is 1.31 bits per heavy atom. The summed E-state index contributed by atoms with van der Waals surface area (Å²) in [5.41, 5.74) is 1.85. The van der Waals surface area contributed by atoms with Crippen LogP contribution in [0, 0.1) is 21.4 Å². The van der Waals surface area contributed by atoms with E-state index in [1.54, 1.807) is 24.5 Å². The van der Waals surface area contributed by atoms with E-state index in [1.165, 1.54) is 23.6 Å². The molecule has 0 spiro atoms. The normalized spacial score (nSPS) is 16.8. The zero-order chi connectivity index (χ0) is 25.4. The Morgan fingerprint density at radius 3 is 2.78 bits per heavy atom. The number of carbonyl (C=O) groups excluding carboxylic acids is 1. The third-order valence-corrected chi connectivity index (χ3v) is 7.90. The Labute approximate surface area is 212 Å². The van der Waals surface area contributed by atoms with E-state index in [1.807, 2.05) is 0 Å². The number of hydrogen-bond donors (Lipinski definition) is 1. The molecule has 1 N–H and O–H groups in total. The van der Waals surface area contributed by atoms with E-state index in [4.69, 9.17) is 13.9 Å². The minimum Gasteiger partial charge on any atom is -0.467 e. The minimum absolute atomic E-state index is 0.0136. The van der Waals surface area contributed by atoms with Gasteiger partial charge in [0.15, 0.2) is 11.5 Å². The maximum atomic E-state index is 13.3. The highest BCUT2D eigenvalue weighted by Crippen LogP contribution is 2.45. The van der Waals surface area contributed by atoms with Gasteiger partial charge in [-0.2, -0.15) is 0 Å². The Balaban J connectivity index is 1.51. The summed E-state index contributed by atoms with van der Waals surface area (Å²) in [6, 6.07) is 6.46. The molecule has 3 aromatic rings. The molecular weight excluding hydrogens is 482 g/mol. The zero-order valence-corrected chi connectivity index (χ0v) is 21.1. The van der Waals surface area contributed by atoms with Gasteiger partial charge < -0.3 is 19.2 Å². The van der Waals surface area contributed by atoms with Crippen molar-refractivity contribution in [1.82, 2.24) is 5.32 Å². The third kappa shape index (κ3) is 4.73.